The van der Waals surface area contributed by atoms with Crippen LogP contribution in [0.1, 0.15) is 13.8 Å². The van der Waals surface area contributed by atoms with Crippen LogP contribution in [-0.2, 0) is 13.9 Å². The van der Waals surface area contributed by atoms with E-state index in [1.54, 1.807) is 13.8 Å². The Hall–Kier alpha value is -0.420. The zero-order valence-corrected chi connectivity index (χ0v) is 8.53. The molecule has 13 heavy (non-hydrogen) atoms. The third-order valence-corrected chi connectivity index (χ3v) is 1.94. The van der Waals surface area contributed by atoms with E-state index in [0.29, 0.717) is 13.1 Å². The lowest BCUT2D eigenvalue weighted by Crippen LogP contribution is -2.33. The van der Waals surface area contributed by atoms with Crippen LogP contribution < -0.4 is 0 Å². The first-order chi connectivity index (χ1) is 5.90. The first kappa shape index (κ1) is 12.6. The van der Waals surface area contributed by atoms with Crippen LogP contribution in [0.15, 0.2) is 0 Å². The van der Waals surface area contributed by atoms with Gasteiger partial charge in [-0.15, -0.1) is 0 Å². The van der Waals surface area contributed by atoms with Gasteiger partial charge in [0.2, 0.25) is 5.91 Å². The van der Waals surface area contributed by atoms with Crippen LogP contribution in [0.3, 0.4) is 0 Å². The molecule has 1 amide bonds. The van der Waals surface area contributed by atoms with Crippen molar-refractivity contribution >= 4 is 13.7 Å². The van der Waals surface area contributed by atoms with E-state index in [0.717, 1.165) is 0 Å². The van der Waals surface area contributed by atoms with Gasteiger partial charge in [-0.2, -0.15) is 0 Å². The summed E-state index contributed by atoms with van der Waals surface area (Å²) in [6, 6.07) is 0. The standard InChI is InChI=1S/C6H14NO5P/c1-3-7(4-2)6(8)5-12-13(9,10)11/h3-5H2,1-2H3,(H2,9,10,11). The van der Waals surface area contributed by atoms with Crippen molar-refractivity contribution in [1.82, 2.24) is 4.90 Å². The summed E-state index contributed by atoms with van der Waals surface area (Å²) in [5.74, 6) is -0.423. The Morgan fingerprint density at radius 2 is 1.85 bits per heavy atom. The molecule has 0 saturated carbocycles. The number of phosphoric acid groups is 1. The first-order valence-corrected chi connectivity index (χ1v) is 5.41. The second-order valence-corrected chi connectivity index (χ2v) is 3.57. The van der Waals surface area contributed by atoms with Crippen molar-refractivity contribution in [2.75, 3.05) is 19.7 Å². The summed E-state index contributed by atoms with van der Waals surface area (Å²) < 4.78 is 14.3. The Morgan fingerprint density at radius 1 is 1.38 bits per heavy atom. The molecule has 0 saturated heterocycles. The summed E-state index contributed by atoms with van der Waals surface area (Å²) in [4.78, 5) is 29.2. The predicted molar refractivity (Wildman–Crippen MR) is 45.9 cm³/mol. The van der Waals surface area contributed by atoms with Crippen molar-refractivity contribution in [3.05, 3.63) is 0 Å². The molecule has 0 aliphatic rings. The highest BCUT2D eigenvalue weighted by Gasteiger charge is 2.18. The smallest absolute Gasteiger partial charge is 0.341 e. The molecule has 0 aromatic rings. The monoisotopic (exact) mass is 211 g/mol. The van der Waals surface area contributed by atoms with Gasteiger partial charge >= 0.3 is 7.82 Å². The quantitative estimate of drug-likeness (QED) is 0.623. The maximum Gasteiger partial charge on any atom is 0.470 e. The van der Waals surface area contributed by atoms with Crippen molar-refractivity contribution in [2.24, 2.45) is 0 Å². The molecule has 0 aliphatic carbocycles. The molecule has 0 atom stereocenters. The normalized spacial score (nSPS) is 11.4. The van der Waals surface area contributed by atoms with E-state index in [2.05, 4.69) is 4.52 Å². The molecular weight excluding hydrogens is 197 g/mol. The van der Waals surface area contributed by atoms with E-state index >= 15 is 0 Å². The number of phosphoric ester groups is 1. The van der Waals surface area contributed by atoms with Crippen molar-refractivity contribution in [3.8, 4) is 0 Å². The maximum absolute atomic E-state index is 11.1. The lowest BCUT2D eigenvalue weighted by atomic mass is 10.5. The molecule has 0 aromatic carbocycles. The van der Waals surface area contributed by atoms with Gasteiger partial charge in [0, 0.05) is 13.1 Å². The van der Waals surface area contributed by atoms with Gasteiger partial charge in [0.15, 0.2) is 0 Å². The van der Waals surface area contributed by atoms with Crippen LogP contribution in [0.4, 0.5) is 0 Å². The fraction of sp³-hybridized carbons (Fsp3) is 0.833. The molecule has 0 fully saturated rings. The van der Waals surface area contributed by atoms with Crippen LogP contribution in [-0.4, -0.2) is 40.3 Å². The van der Waals surface area contributed by atoms with E-state index in [-0.39, 0.29) is 0 Å². The summed E-state index contributed by atoms with van der Waals surface area (Å²) in [6.45, 7) is 3.98. The predicted octanol–water partition coefficient (Wildman–Crippen LogP) is -0.0359. The zero-order valence-electron chi connectivity index (χ0n) is 7.63. The topological polar surface area (TPSA) is 87.1 Å². The molecule has 0 heterocycles. The number of carbonyl (C=O) groups is 1. The SMILES string of the molecule is CCN(CC)C(=O)COP(=O)(O)O. The Morgan fingerprint density at radius 3 is 2.15 bits per heavy atom. The van der Waals surface area contributed by atoms with Crippen molar-refractivity contribution in [2.45, 2.75) is 13.8 Å². The molecule has 0 rings (SSSR count). The largest absolute Gasteiger partial charge is 0.470 e. The third-order valence-electron chi connectivity index (χ3n) is 1.47. The minimum Gasteiger partial charge on any atom is -0.341 e. The van der Waals surface area contributed by atoms with Gasteiger partial charge in [-0.25, -0.2) is 4.57 Å². The average Bonchev–Trinajstić information content (AvgIpc) is 2.02. The van der Waals surface area contributed by atoms with E-state index in [1.165, 1.54) is 4.90 Å². The van der Waals surface area contributed by atoms with Crippen molar-refractivity contribution in [1.29, 1.82) is 0 Å². The van der Waals surface area contributed by atoms with Crippen LogP contribution in [0, 0.1) is 0 Å². The fourth-order valence-corrected chi connectivity index (χ4v) is 1.09. The molecule has 0 bridgehead atoms. The molecule has 2 N–H and O–H groups in total. The number of hydrogen-bond donors (Lipinski definition) is 2. The summed E-state index contributed by atoms with van der Waals surface area (Å²) >= 11 is 0. The summed E-state index contributed by atoms with van der Waals surface area (Å²) in [6.07, 6.45) is 0. The van der Waals surface area contributed by atoms with Gasteiger partial charge in [0.1, 0.15) is 6.61 Å². The third kappa shape index (κ3) is 5.76. The zero-order chi connectivity index (χ0) is 10.5. The summed E-state index contributed by atoms with van der Waals surface area (Å²) in [5.41, 5.74) is 0. The van der Waals surface area contributed by atoms with Gasteiger partial charge in [0.05, 0.1) is 0 Å². The van der Waals surface area contributed by atoms with Crippen LogP contribution in [0.5, 0.6) is 0 Å². The van der Waals surface area contributed by atoms with Gasteiger partial charge in [-0.1, -0.05) is 0 Å². The van der Waals surface area contributed by atoms with Crippen molar-refractivity contribution < 1.29 is 23.7 Å². The molecule has 0 spiro atoms. The maximum atomic E-state index is 11.1. The number of carbonyl (C=O) groups excluding carboxylic acids is 1. The number of rotatable bonds is 5. The molecule has 7 heteroatoms. The number of amides is 1. The number of hydrogen-bond acceptors (Lipinski definition) is 3. The first-order valence-electron chi connectivity index (χ1n) is 3.88. The number of likely N-dealkylation sites (N-methyl/N-ethyl adjacent to an activating group) is 1. The molecular formula is C6H14NO5P. The van der Waals surface area contributed by atoms with Crippen LogP contribution >= 0.6 is 7.82 Å². The second kappa shape index (κ2) is 5.34. The molecule has 0 aliphatic heterocycles. The minimum atomic E-state index is -4.53. The highest BCUT2D eigenvalue weighted by atomic mass is 31.2. The van der Waals surface area contributed by atoms with Crippen LogP contribution in [0.25, 0.3) is 0 Å². The molecule has 78 valence electrons. The average molecular weight is 211 g/mol. The van der Waals surface area contributed by atoms with Gasteiger partial charge in [0.25, 0.3) is 0 Å². The Labute approximate surface area is 76.7 Å². The minimum absolute atomic E-state index is 0.423. The van der Waals surface area contributed by atoms with E-state index in [4.69, 9.17) is 9.79 Å². The van der Waals surface area contributed by atoms with Gasteiger partial charge in [-0.05, 0) is 13.8 Å². The van der Waals surface area contributed by atoms with Gasteiger partial charge < -0.3 is 14.7 Å². The van der Waals surface area contributed by atoms with E-state index in [1.807, 2.05) is 0 Å². The molecule has 0 unspecified atom stereocenters. The van der Waals surface area contributed by atoms with Crippen LogP contribution in [0.2, 0.25) is 0 Å². The molecule has 0 radical (unpaired) electrons. The second-order valence-electron chi connectivity index (χ2n) is 2.33. The Kier molecular flexibility index (Phi) is 5.17. The number of nitrogens with zero attached hydrogens (tertiary/aromatic N) is 1. The van der Waals surface area contributed by atoms with Crippen molar-refractivity contribution in [3.63, 3.8) is 0 Å². The molecule has 0 aromatic heterocycles. The lowest BCUT2D eigenvalue weighted by Gasteiger charge is -2.18. The summed E-state index contributed by atoms with van der Waals surface area (Å²) in [7, 11) is -4.53. The van der Waals surface area contributed by atoms with E-state index in [9.17, 15) is 9.36 Å². The fourth-order valence-electron chi connectivity index (χ4n) is 0.807. The Balaban J connectivity index is 3.93. The summed E-state index contributed by atoms with van der Waals surface area (Å²) in [5, 5.41) is 0. The van der Waals surface area contributed by atoms with E-state index < -0.39 is 20.3 Å². The highest BCUT2D eigenvalue weighted by Crippen LogP contribution is 2.35. The van der Waals surface area contributed by atoms with Gasteiger partial charge in [-0.3, -0.25) is 9.32 Å². The highest BCUT2D eigenvalue weighted by molar-refractivity contribution is 7.46. The Bertz CT molecular complexity index is 209. The molecule has 6 nitrogen and oxygen atoms in total. The lowest BCUT2D eigenvalue weighted by molar-refractivity contribution is -0.133.